The van der Waals surface area contributed by atoms with Crippen LogP contribution in [0.15, 0.2) is 65.3 Å². The number of carbonyl (C=O) groups excluding carboxylic acids is 1. The van der Waals surface area contributed by atoms with Crippen molar-refractivity contribution in [2.75, 3.05) is 26.3 Å². The van der Waals surface area contributed by atoms with E-state index in [1.54, 1.807) is 11.0 Å². The van der Waals surface area contributed by atoms with E-state index in [4.69, 9.17) is 9.15 Å². The SMILES string of the molecule is CC(c1ccccc1)N(Cc1cccc(F)c1)Cc1nc(C(=O)N2CCOCC2)co1. The van der Waals surface area contributed by atoms with Crippen LogP contribution in [0.2, 0.25) is 0 Å². The molecule has 1 aliphatic heterocycles. The van der Waals surface area contributed by atoms with Gasteiger partial charge in [0.15, 0.2) is 5.69 Å². The van der Waals surface area contributed by atoms with E-state index in [0.717, 1.165) is 11.1 Å². The van der Waals surface area contributed by atoms with Gasteiger partial charge in [-0.2, -0.15) is 0 Å². The highest BCUT2D eigenvalue weighted by molar-refractivity contribution is 5.92. The molecule has 2 heterocycles. The van der Waals surface area contributed by atoms with Crippen LogP contribution >= 0.6 is 0 Å². The molecule has 0 saturated carbocycles. The monoisotopic (exact) mass is 423 g/mol. The zero-order valence-electron chi connectivity index (χ0n) is 17.5. The Bertz CT molecular complexity index is 1000. The minimum absolute atomic E-state index is 0.0368. The number of aromatic nitrogens is 1. The number of nitrogens with zero attached hydrogens (tertiary/aromatic N) is 3. The molecule has 1 aliphatic rings. The van der Waals surface area contributed by atoms with Crippen molar-refractivity contribution < 1.29 is 18.3 Å². The van der Waals surface area contributed by atoms with Gasteiger partial charge in [-0.3, -0.25) is 9.69 Å². The zero-order chi connectivity index (χ0) is 21.6. The summed E-state index contributed by atoms with van der Waals surface area (Å²) in [5.41, 5.74) is 2.30. The largest absolute Gasteiger partial charge is 0.447 e. The Hall–Kier alpha value is -3.03. The van der Waals surface area contributed by atoms with Gasteiger partial charge in [0.2, 0.25) is 5.89 Å². The van der Waals surface area contributed by atoms with Crippen molar-refractivity contribution >= 4 is 5.91 Å². The standard InChI is InChI=1S/C24H26FN3O3/c1-18(20-7-3-2-4-8-20)28(15-19-6-5-9-21(25)14-19)16-23-26-22(17-31-23)24(29)27-10-12-30-13-11-27/h2-9,14,17-18H,10-13,15-16H2,1H3. The third kappa shape index (κ3) is 5.37. The Morgan fingerprint density at radius 2 is 1.90 bits per heavy atom. The smallest absolute Gasteiger partial charge is 0.275 e. The molecule has 31 heavy (non-hydrogen) atoms. The highest BCUT2D eigenvalue weighted by Gasteiger charge is 2.24. The van der Waals surface area contributed by atoms with E-state index in [-0.39, 0.29) is 17.8 Å². The van der Waals surface area contributed by atoms with Crippen molar-refractivity contribution in [2.45, 2.75) is 26.1 Å². The van der Waals surface area contributed by atoms with Gasteiger partial charge in [-0.25, -0.2) is 9.37 Å². The first kappa shape index (κ1) is 21.2. The fourth-order valence-electron chi connectivity index (χ4n) is 3.73. The van der Waals surface area contributed by atoms with Crippen LogP contribution in [0.3, 0.4) is 0 Å². The normalized spacial score (nSPS) is 15.3. The highest BCUT2D eigenvalue weighted by atomic mass is 19.1. The third-order valence-electron chi connectivity index (χ3n) is 5.51. The van der Waals surface area contributed by atoms with Gasteiger partial charge in [-0.15, -0.1) is 0 Å². The minimum atomic E-state index is -0.265. The van der Waals surface area contributed by atoms with E-state index < -0.39 is 0 Å². The molecule has 6 nitrogen and oxygen atoms in total. The lowest BCUT2D eigenvalue weighted by Crippen LogP contribution is -2.40. The van der Waals surface area contributed by atoms with Crippen LogP contribution in [0.1, 0.15) is 40.5 Å². The first-order chi connectivity index (χ1) is 15.1. The predicted octanol–water partition coefficient (Wildman–Crippen LogP) is 4.05. The zero-order valence-corrected chi connectivity index (χ0v) is 17.5. The first-order valence-corrected chi connectivity index (χ1v) is 10.4. The van der Waals surface area contributed by atoms with E-state index in [2.05, 4.69) is 28.9 Å². The summed E-state index contributed by atoms with van der Waals surface area (Å²) in [5.74, 6) is 0.0428. The molecule has 0 N–H and O–H groups in total. The Labute approximate surface area is 181 Å². The van der Waals surface area contributed by atoms with Crippen LogP contribution < -0.4 is 0 Å². The van der Waals surface area contributed by atoms with Gasteiger partial charge in [0, 0.05) is 25.7 Å². The molecule has 7 heteroatoms. The Morgan fingerprint density at radius 3 is 2.65 bits per heavy atom. The molecule has 1 atom stereocenters. The third-order valence-corrected chi connectivity index (χ3v) is 5.51. The van der Waals surface area contributed by atoms with Crippen molar-refractivity contribution in [3.8, 4) is 0 Å². The number of carbonyl (C=O) groups is 1. The molecule has 1 unspecified atom stereocenters. The van der Waals surface area contributed by atoms with Crippen LogP contribution in [0.25, 0.3) is 0 Å². The van der Waals surface area contributed by atoms with Gasteiger partial charge < -0.3 is 14.1 Å². The molecule has 1 saturated heterocycles. The Kier molecular flexibility index (Phi) is 6.74. The van der Waals surface area contributed by atoms with Gasteiger partial charge in [-0.05, 0) is 30.2 Å². The number of amides is 1. The van der Waals surface area contributed by atoms with Gasteiger partial charge in [0.1, 0.15) is 12.1 Å². The molecule has 4 rings (SSSR count). The second kappa shape index (κ2) is 9.85. The van der Waals surface area contributed by atoms with Gasteiger partial charge in [0.25, 0.3) is 5.91 Å². The van der Waals surface area contributed by atoms with Crippen LogP contribution in [0, 0.1) is 5.82 Å². The van der Waals surface area contributed by atoms with Crippen molar-refractivity contribution in [3.05, 3.63) is 89.4 Å². The molecule has 1 fully saturated rings. The van der Waals surface area contributed by atoms with E-state index >= 15 is 0 Å². The number of halogens is 1. The predicted molar refractivity (Wildman–Crippen MR) is 114 cm³/mol. The quantitative estimate of drug-likeness (QED) is 0.574. The van der Waals surface area contributed by atoms with Crippen molar-refractivity contribution in [1.82, 2.24) is 14.8 Å². The number of oxazole rings is 1. The van der Waals surface area contributed by atoms with E-state index in [1.165, 1.54) is 18.4 Å². The van der Waals surface area contributed by atoms with Crippen molar-refractivity contribution in [1.29, 1.82) is 0 Å². The number of benzene rings is 2. The number of morpholine rings is 1. The lowest BCUT2D eigenvalue weighted by molar-refractivity contribution is 0.0299. The maximum Gasteiger partial charge on any atom is 0.275 e. The molecule has 0 spiro atoms. The van der Waals surface area contributed by atoms with E-state index in [1.807, 2.05) is 24.3 Å². The molecular formula is C24H26FN3O3. The van der Waals surface area contributed by atoms with Crippen molar-refractivity contribution in [2.24, 2.45) is 0 Å². The van der Waals surface area contributed by atoms with Gasteiger partial charge in [0.05, 0.1) is 19.8 Å². The second-order valence-electron chi connectivity index (χ2n) is 7.65. The van der Waals surface area contributed by atoms with Gasteiger partial charge in [-0.1, -0.05) is 42.5 Å². The summed E-state index contributed by atoms with van der Waals surface area (Å²) in [6, 6.07) is 16.7. The highest BCUT2D eigenvalue weighted by Crippen LogP contribution is 2.25. The summed E-state index contributed by atoms with van der Waals surface area (Å²) < 4.78 is 24.7. The molecule has 0 aliphatic carbocycles. The Morgan fingerprint density at radius 1 is 1.13 bits per heavy atom. The summed E-state index contributed by atoms with van der Waals surface area (Å²) in [4.78, 5) is 21.0. The molecule has 3 aromatic rings. The van der Waals surface area contributed by atoms with E-state index in [0.29, 0.717) is 51.0 Å². The number of hydrogen-bond acceptors (Lipinski definition) is 5. The molecule has 0 bridgehead atoms. The summed E-state index contributed by atoms with van der Waals surface area (Å²) in [6.45, 7) is 5.18. The molecule has 1 amide bonds. The fourth-order valence-corrected chi connectivity index (χ4v) is 3.73. The molecular weight excluding hydrogens is 397 g/mol. The fraction of sp³-hybridized carbons (Fsp3) is 0.333. The topological polar surface area (TPSA) is 58.8 Å². The van der Waals surface area contributed by atoms with Crippen LogP contribution in [0.4, 0.5) is 4.39 Å². The molecule has 0 radical (unpaired) electrons. The van der Waals surface area contributed by atoms with Gasteiger partial charge >= 0.3 is 0 Å². The number of rotatable bonds is 7. The summed E-state index contributed by atoms with van der Waals surface area (Å²) in [7, 11) is 0. The first-order valence-electron chi connectivity index (χ1n) is 10.4. The second-order valence-corrected chi connectivity index (χ2v) is 7.65. The van der Waals surface area contributed by atoms with Crippen molar-refractivity contribution in [3.63, 3.8) is 0 Å². The number of ether oxygens (including phenoxy) is 1. The molecule has 162 valence electrons. The lowest BCUT2D eigenvalue weighted by Gasteiger charge is -2.28. The number of hydrogen-bond donors (Lipinski definition) is 0. The maximum atomic E-state index is 13.7. The summed E-state index contributed by atoms with van der Waals surface area (Å²) in [5, 5.41) is 0. The minimum Gasteiger partial charge on any atom is -0.447 e. The van der Waals surface area contributed by atoms with Crippen LogP contribution in [-0.2, 0) is 17.8 Å². The average molecular weight is 423 g/mol. The maximum absolute atomic E-state index is 13.7. The van der Waals surface area contributed by atoms with E-state index in [9.17, 15) is 9.18 Å². The van der Waals surface area contributed by atoms with Crippen LogP contribution in [-0.4, -0.2) is 47.0 Å². The molecule has 2 aromatic carbocycles. The summed E-state index contributed by atoms with van der Waals surface area (Å²) >= 11 is 0. The Balaban J connectivity index is 1.53. The van der Waals surface area contributed by atoms with Crippen LogP contribution in [0.5, 0.6) is 0 Å². The summed E-state index contributed by atoms with van der Waals surface area (Å²) in [6.07, 6.45) is 1.42. The average Bonchev–Trinajstić information content (AvgIpc) is 3.27. The lowest BCUT2D eigenvalue weighted by atomic mass is 10.1. The molecule has 1 aromatic heterocycles.